The summed E-state index contributed by atoms with van der Waals surface area (Å²) in [5.74, 6) is -0.682. The van der Waals surface area contributed by atoms with Gasteiger partial charge in [-0.3, -0.25) is 19.4 Å². The molecule has 0 aliphatic heterocycles. The summed E-state index contributed by atoms with van der Waals surface area (Å²) in [6.45, 7) is 12.6. The molecule has 10 heteroatoms. The lowest BCUT2D eigenvalue weighted by molar-refractivity contribution is -0.149. The monoisotopic (exact) mass is 454 g/mol. The lowest BCUT2D eigenvalue weighted by Crippen LogP contribution is -2.54. The number of alkyl halides is 3. The molecule has 1 aliphatic rings. The second-order valence-corrected chi connectivity index (χ2v) is 14.7. The Hall–Kier alpha value is -2.07. The summed E-state index contributed by atoms with van der Waals surface area (Å²) in [6, 6.07) is -0.468. The Morgan fingerprint density at radius 3 is 2.39 bits per heavy atom. The van der Waals surface area contributed by atoms with Crippen molar-refractivity contribution in [3.8, 4) is 0 Å². The van der Waals surface area contributed by atoms with E-state index in [-0.39, 0.29) is 11.5 Å². The van der Waals surface area contributed by atoms with Gasteiger partial charge in [0.2, 0.25) is 0 Å². The maximum absolute atomic E-state index is 13.9. The van der Waals surface area contributed by atoms with Crippen molar-refractivity contribution in [3.05, 3.63) is 41.7 Å². The highest BCUT2D eigenvalue weighted by Crippen LogP contribution is 2.50. The predicted octanol–water partition coefficient (Wildman–Crippen LogP) is 5.23. The number of rotatable bonds is 6. The van der Waals surface area contributed by atoms with E-state index in [4.69, 9.17) is 4.43 Å². The van der Waals surface area contributed by atoms with Crippen molar-refractivity contribution in [1.29, 1.82) is 0 Å². The van der Waals surface area contributed by atoms with E-state index in [1.165, 1.54) is 18.6 Å². The van der Waals surface area contributed by atoms with Crippen molar-refractivity contribution >= 4 is 14.1 Å². The third-order valence-corrected chi connectivity index (χ3v) is 10.9. The second-order valence-electron chi connectivity index (χ2n) is 10.0. The molecule has 170 valence electrons. The van der Waals surface area contributed by atoms with Gasteiger partial charge in [-0.2, -0.15) is 18.3 Å². The van der Waals surface area contributed by atoms with Crippen molar-refractivity contribution < 1.29 is 22.4 Å². The Labute approximate surface area is 181 Å². The normalized spacial score (nSPS) is 22.3. The third-order valence-electron chi connectivity index (χ3n) is 6.31. The fourth-order valence-corrected chi connectivity index (χ4v) is 5.47. The average molecular weight is 455 g/mol. The van der Waals surface area contributed by atoms with Crippen LogP contribution >= 0.6 is 0 Å². The largest absolute Gasteiger partial charge is 0.433 e. The van der Waals surface area contributed by atoms with Gasteiger partial charge < -0.3 is 4.43 Å². The minimum Gasteiger partial charge on any atom is -0.411 e. The number of carbonyl (C=O) groups is 1. The standard InChI is InChI=1S/C21H29F3N4O2Si/c1-19(2,3)31(5,6)30-20(4)10-15(11-20)28-18(21(22,23)24)16(13-27-28)17(29)9-14-12-25-7-8-26-14/h7-8,12-13,15H,9-11H2,1-6H3. The smallest absolute Gasteiger partial charge is 0.411 e. The average Bonchev–Trinajstić information content (AvgIpc) is 3.04. The van der Waals surface area contributed by atoms with Gasteiger partial charge in [-0.15, -0.1) is 0 Å². The molecule has 2 heterocycles. The van der Waals surface area contributed by atoms with Crippen LogP contribution in [-0.4, -0.2) is 39.5 Å². The number of nitrogens with zero attached hydrogens (tertiary/aromatic N) is 4. The van der Waals surface area contributed by atoms with E-state index in [1.807, 2.05) is 6.92 Å². The van der Waals surface area contributed by atoms with Crippen molar-refractivity contribution in [2.75, 3.05) is 0 Å². The first-order valence-corrected chi connectivity index (χ1v) is 13.2. The van der Waals surface area contributed by atoms with Gasteiger partial charge in [0.1, 0.15) is 0 Å². The highest BCUT2D eigenvalue weighted by molar-refractivity contribution is 6.74. The van der Waals surface area contributed by atoms with Crippen LogP contribution in [-0.2, 0) is 17.0 Å². The Morgan fingerprint density at radius 1 is 1.23 bits per heavy atom. The van der Waals surface area contributed by atoms with Gasteiger partial charge in [0.25, 0.3) is 0 Å². The summed E-state index contributed by atoms with van der Waals surface area (Å²) < 4.78 is 49.2. The van der Waals surface area contributed by atoms with E-state index in [0.717, 1.165) is 10.9 Å². The van der Waals surface area contributed by atoms with E-state index < -0.39 is 43.2 Å². The summed E-state index contributed by atoms with van der Waals surface area (Å²) in [7, 11) is -2.07. The van der Waals surface area contributed by atoms with Crippen LogP contribution in [0, 0.1) is 0 Å². The van der Waals surface area contributed by atoms with E-state index in [1.54, 1.807) is 0 Å². The zero-order valence-electron chi connectivity index (χ0n) is 18.7. The van der Waals surface area contributed by atoms with Crippen molar-refractivity contribution in [2.45, 2.75) is 82.9 Å². The minimum atomic E-state index is -4.70. The van der Waals surface area contributed by atoms with Crippen LogP contribution in [0.1, 0.15) is 68.3 Å². The van der Waals surface area contributed by atoms with Gasteiger partial charge in [-0.1, -0.05) is 20.8 Å². The fourth-order valence-electron chi connectivity index (χ4n) is 3.77. The summed E-state index contributed by atoms with van der Waals surface area (Å²) in [5.41, 5.74) is -1.61. The molecule has 0 spiro atoms. The van der Waals surface area contributed by atoms with Gasteiger partial charge in [0, 0.05) is 18.6 Å². The van der Waals surface area contributed by atoms with Gasteiger partial charge in [-0.25, -0.2) is 0 Å². The van der Waals surface area contributed by atoms with Crippen LogP contribution in [0.15, 0.2) is 24.8 Å². The molecule has 6 nitrogen and oxygen atoms in total. The van der Waals surface area contributed by atoms with Crippen LogP contribution in [0.5, 0.6) is 0 Å². The highest BCUT2D eigenvalue weighted by atomic mass is 28.4. The molecule has 31 heavy (non-hydrogen) atoms. The topological polar surface area (TPSA) is 69.9 Å². The summed E-state index contributed by atoms with van der Waals surface area (Å²) in [4.78, 5) is 20.4. The Balaban J connectivity index is 1.81. The van der Waals surface area contributed by atoms with Crippen molar-refractivity contribution in [3.63, 3.8) is 0 Å². The molecular weight excluding hydrogens is 425 g/mol. The summed E-state index contributed by atoms with van der Waals surface area (Å²) >= 11 is 0. The van der Waals surface area contributed by atoms with Gasteiger partial charge in [0.05, 0.1) is 35.5 Å². The summed E-state index contributed by atoms with van der Waals surface area (Å²) in [5, 5.41) is 3.98. The van der Waals surface area contributed by atoms with Crippen LogP contribution in [0.25, 0.3) is 0 Å². The molecule has 1 aliphatic carbocycles. The molecule has 2 aromatic rings. The van der Waals surface area contributed by atoms with Gasteiger partial charge in [0.15, 0.2) is 19.8 Å². The SMILES string of the molecule is CC1(O[Si](C)(C)C(C)(C)C)CC(n2ncc(C(=O)Cc3cnccn3)c2C(F)(F)F)C1. The Kier molecular flexibility index (Phi) is 5.94. The van der Waals surface area contributed by atoms with Gasteiger partial charge in [-0.05, 0) is 37.9 Å². The summed E-state index contributed by atoms with van der Waals surface area (Å²) in [6.07, 6.45) is 1.09. The number of halogens is 3. The fraction of sp³-hybridized carbons (Fsp3) is 0.619. The molecule has 0 bridgehead atoms. The molecule has 2 aromatic heterocycles. The molecule has 0 saturated heterocycles. The van der Waals surface area contributed by atoms with Crippen molar-refractivity contribution in [1.82, 2.24) is 19.7 Å². The first-order valence-electron chi connectivity index (χ1n) is 10.3. The predicted molar refractivity (Wildman–Crippen MR) is 112 cm³/mol. The van der Waals surface area contributed by atoms with E-state index in [2.05, 4.69) is 48.9 Å². The van der Waals surface area contributed by atoms with Crippen LogP contribution in [0.4, 0.5) is 13.2 Å². The first kappa shape index (κ1) is 23.6. The zero-order chi connectivity index (χ0) is 23.2. The van der Waals surface area contributed by atoms with Crippen molar-refractivity contribution in [2.24, 2.45) is 0 Å². The second kappa shape index (κ2) is 7.81. The maximum atomic E-state index is 13.9. The molecule has 1 fully saturated rings. The quantitative estimate of drug-likeness (QED) is 0.441. The number of hydrogen-bond acceptors (Lipinski definition) is 5. The number of carbonyl (C=O) groups excluding carboxylic acids is 1. The van der Waals surface area contributed by atoms with E-state index in [0.29, 0.717) is 18.5 Å². The lowest BCUT2D eigenvalue weighted by atomic mass is 9.77. The number of hydrogen-bond donors (Lipinski definition) is 0. The first-order chi connectivity index (χ1) is 14.1. The molecule has 0 N–H and O–H groups in total. The molecule has 0 atom stereocenters. The molecule has 0 aromatic carbocycles. The van der Waals surface area contributed by atoms with Crippen LogP contribution in [0.3, 0.4) is 0 Å². The highest BCUT2D eigenvalue weighted by Gasteiger charge is 2.51. The molecule has 1 saturated carbocycles. The maximum Gasteiger partial charge on any atom is 0.433 e. The number of Topliss-reactive ketones (excluding diaryl/α,β-unsaturated/α-hetero) is 1. The van der Waals surface area contributed by atoms with E-state index in [9.17, 15) is 18.0 Å². The van der Waals surface area contributed by atoms with Crippen LogP contribution in [0.2, 0.25) is 18.1 Å². The molecule has 0 radical (unpaired) electrons. The molecule has 0 unspecified atom stereocenters. The Bertz CT molecular complexity index is 946. The minimum absolute atomic E-state index is 0.00382. The molecular formula is C21H29F3N4O2Si. The van der Waals surface area contributed by atoms with E-state index >= 15 is 0 Å². The molecule has 0 amide bonds. The number of aromatic nitrogens is 4. The Morgan fingerprint density at radius 2 is 1.87 bits per heavy atom. The van der Waals surface area contributed by atoms with Crippen LogP contribution < -0.4 is 0 Å². The molecule has 3 rings (SSSR count). The van der Waals surface area contributed by atoms with Gasteiger partial charge >= 0.3 is 6.18 Å². The lowest BCUT2D eigenvalue weighted by Gasteiger charge is -2.52. The number of ketones is 1. The zero-order valence-corrected chi connectivity index (χ0v) is 19.7. The third kappa shape index (κ3) is 4.90.